The molecule has 112 valence electrons. The number of benzene rings is 1. The van der Waals surface area contributed by atoms with E-state index in [0.717, 1.165) is 37.1 Å². The molecule has 1 aromatic rings. The largest absolute Gasteiger partial charge is 0.380 e. The Hall–Kier alpha value is -0.570. The number of hydrogen-bond donors (Lipinski definition) is 1. The molecule has 1 aliphatic carbocycles. The van der Waals surface area contributed by atoms with E-state index < -0.39 is 0 Å². The highest BCUT2D eigenvalue weighted by atomic mass is 35.5. The molecule has 0 amide bonds. The van der Waals surface area contributed by atoms with E-state index in [0.29, 0.717) is 12.0 Å². The highest BCUT2D eigenvalue weighted by Crippen LogP contribution is 2.37. The maximum atomic E-state index is 5.91. The van der Waals surface area contributed by atoms with Crippen molar-refractivity contribution in [2.45, 2.75) is 45.1 Å². The van der Waals surface area contributed by atoms with Gasteiger partial charge in [0.15, 0.2) is 0 Å². The molecule has 0 radical (unpaired) electrons. The van der Waals surface area contributed by atoms with E-state index in [1.54, 1.807) is 0 Å². The summed E-state index contributed by atoms with van der Waals surface area (Å²) in [5.41, 5.74) is 1.42. The molecule has 0 spiro atoms. The van der Waals surface area contributed by atoms with Gasteiger partial charge in [0, 0.05) is 24.2 Å². The Morgan fingerprint density at radius 1 is 1.20 bits per heavy atom. The lowest BCUT2D eigenvalue weighted by molar-refractivity contribution is 0.119. The van der Waals surface area contributed by atoms with Gasteiger partial charge in [-0.2, -0.15) is 0 Å². The maximum absolute atomic E-state index is 5.91. The fourth-order valence-corrected chi connectivity index (χ4v) is 2.67. The number of ether oxygens (including phenoxy) is 1. The molecule has 0 unspecified atom stereocenters. The van der Waals surface area contributed by atoms with E-state index in [1.165, 1.54) is 18.4 Å². The van der Waals surface area contributed by atoms with Crippen molar-refractivity contribution in [1.29, 1.82) is 0 Å². The van der Waals surface area contributed by atoms with Crippen molar-refractivity contribution in [2.24, 2.45) is 5.92 Å². The van der Waals surface area contributed by atoms with E-state index in [2.05, 4.69) is 31.3 Å². The highest BCUT2D eigenvalue weighted by molar-refractivity contribution is 6.30. The van der Waals surface area contributed by atoms with Crippen molar-refractivity contribution >= 4 is 11.6 Å². The number of halogens is 1. The normalized spacial score (nSPS) is 22.0. The van der Waals surface area contributed by atoms with Crippen molar-refractivity contribution in [3.8, 4) is 0 Å². The summed E-state index contributed by atoms with van der Waals surface area (Å²) in [4.78, 5) is 0. The molecule has 0 atom stereocenters. The van der Waals surface area contributed by atoms with Crippen LogP contribution in [0.4, 0.5) is 0 Å². The molecule has 1 fully saturated rings. The minimum atomic E-state index is 0.657. The average Bonchev–Trinajstić information content (AvgIpc) is 2.37. The summed E-state index contributed by atoms with van der Waals surface area (Å²) in [5.74, 6) is 1.43. The van der Waals surface area contributed by atoms with Crippen molar-refractivity contribution < 1.29 is 4.74 Å². The standard InChI is InChI=1S/C17H26ClNO/c1-13(2)7-9-20-10-8-19-17-11-15(12-17)14-3-5-16(18)6-4-14/h3-6,13,15,17,19H,7-12H2,1-2H3. The van der Waals surface area contributed by atoms with Crippen molar-refractivity contribution in [3.05, 3.63) is 34.9 Å². The highest BCUT2D eigenvalue weighted by Gasteiger charge is 2.29. The Morgan fingerprint density at radius 2 is 1.90 bits per heavy atom. The van der Waals surface area contributed by atoms with E-state index in [1.807, 2.05) is 12.1 Å². The molecule has 1 saturated carbocycles. The van der Waals surface area contributed by atoms with Crippen LogP contribution in [0.5, 0.6) is 0 Å². The first kappa shape index (κ1) is 15.8. The molecule has 20 heavy (non-hydrogen) atoms. The second-order valence-electron chi connectivity index (χ2n) is 6.17. The monoisotopic (exact) mass is 295 g/mol. The van der Waals surface area contributed by atoms with Gasteiger partial charge in [0.25, 0.3) is 0 Å². The second-order valence-corrected chi connectivity index (χ2v) is 6.60. The second kappa shape index (κ2) is 8.02. The van der Waals surface area contributed by atoms with Crippen LogP contribution < -0.4 is 5.32 Å². The first-order valence-electron chi connectivity index (χ1n) is 7.71. The van der Waals surface area contributed by atoms with Crippen molar-refractivity contribution in [2.75, 3.05) is 19.8 Å². The minimum Gasteiger partial charge on any atom is -0.380 e. The molecule has 0 aliphatic heterocycles. The summed E-state index contributed by atoms with van der Waals surface area (Å²) in [6, 6.07) is 8.93. The molecule has 0 heterocycles. The lowest BCUT2D eigenvalue weighted by Crippen LogP contribution is -2.41. The fourth-order valence-electron chi connectivity index (χ4n) is 2.55. The molecule has 0 saturated heterocycles. The molecule has 2 nitrogen and oxygen atoms in total. The van der Waals surface area contributed by atoms with Gasteiger partial charge in [-0.05, 0) is 48.8 Å². The van der Waals surface area contributed by atoms with Gasteiger partial charge < -0.3 is 10.1 Å². The summed E-state index contributed by atoms with van der Waals surface area (Å²) in [7, 11) is 0. The Bertz CT molecular complexity index is 384. The van der Waals surface area contributed by atoms with Gasteiger partial charge in [0.05, 0.1) is 6.61 Å². The zero-order valence-electron chi connectivity index (χ0n) is 12.6. The van der Waals surface area contributed by atoms with Gasteiger partial charge in [-0.25, -0.2) is 0 Å². The Kier molecular flexibility index (Phi) is 6.34. The first-order valence-corrected chi connectivity index (χ1v) is 8.09. The summed E-state index contributed by atoms with van der Waals surface area (Å²) in [6.07, 6.45) is 3.61. The van der Waals surface area contributed by atoms with Crippen LogP contribution in [0, 0.1) is 5.92 Å². The van der Waals surface area contributed by atoms with Crippen LogP contribution in [-0.2, 0) is 4.74 Å². The van der Waals surface area contributed by atoms with Crippen LogP contribution in [0.2, 0.25) is 5.02 Å². The van der Waals surface area contributed by atoms with Gasteiger partial charge >= 0.3 is 0 Å². The third kappa shape index (κ3) is 5.08. The molecule has 0 bridgehead atoms. The van der Waals surface area contributed by atoms with Crippen LogP contribution in [0.3, 0.4) is 0 Å². The zero-order chi connectivity index (χ0) is 14.4. The molecule has 0 aromatic heterocycles. The van der Waals surface area contributed by atoms with Gasteiger partial charge in [-0.3, -0.25) is 0 Å². The lowest BCUT2D eigenvalue weighted by atomic mass is 9.76. The lowest BCUT2D eigenvalue weighted by Gasteiger charge is -2.36. The van der Waals surface area contributed by atoms with Crippen LogP contribution in [-0.4, -0.2) is 25.8 Å². The molecular weight excluding hydrogens is 270 g/mol. The maximum Gasteiger partial charge on any atom is 0.0591 e. The van der Waals surface area contributed by atoms with Crippen LogP contribution in [0.25, 0.3) is 0 Å². The first-order chi connectivity index (χ1) is 9.65. The van der Waals surface area contributed by atoms with Gasteiger partial charge in [-0.15, -0.1) is 0 Å². The van der Waals surface area contributed by atoms with Gasteiger partial charge in [0.2, 0.25) is 0 Å². The van der Waals surface area contributed by atoms with E-state index in [4.69, 9.17) is 16.3 Å². The van der Waals surface area contributed by atoms with Crippen LogP contribution >= 0.6 is 11.6 Å². The Labute approximate surface area is 127 Å². The third-order valence-electron chi connectivity index (χ3n) is 4.00. The summed E-state index contributed by atoms with van der Waals surface area (Å²) < 4.78 is 5.61. The van der Waals surface area contributed by atoms with E-state index in [9.17, 15) is 0 Å². The summed E-state index contributed by atoms with van der Waals surface area (Å²) in [5, 5.41) is 4.39. The quantitative estimate of drug-likeness (QED) is 0.724. The predicted octanol–water partition coefficient (Wildman–Crippen LogP) is 4.24. The Morgan fingerprint density at radius 3 is 2.55 bits per heavy atom. The molecule has 1 aromatic carbocycles. The molecule has 2 rings (SSSR count). The van der Waals surface area contributed by atoms with Crippen LogP contribution in [0.1, 0.15) is 44.6 Å². The molecular formula is C17H26ClNO. The van der Waals surface area contributed by atoms with E-state index in [-0.39, 0.29) is 0 Å². The number of rotatable bonds is 8. The smallest absolute Gasteiger partial charge is 0.0591 e. The third-order valence-corrected chi connectivity index (χ3v) is 4.25. The molecule has 1 N–H and O–H groups in total. The SMILES string of the molecule is CC(C)CCOCCNC1CC(c2ccc(Cl)cc2)C1. The van der Waals surface area contributed by atoms with Gasteiger partial charge in [0.1, 0.15) is 0 Å². The fraction of sp³-hybridized carbons (Fsp3) is 0.647. The average molecular weight is 296 g/mol. The Balaban J connectivity index is 1.52. The van der Waals surface area contributed by atoms with Gasteiger partial charge in [-0.1, -0.05) is 37.6 Å². The summed E-state index contributed by atoms with van der Waals surface area (Å²) >= 11 is 5.91. The van der Waals surface area contributed by atoms with E-state index >= 15 is 0 Å². The summed E-state index contributed by atoms with van der Waals surface area (Å²) in [6.45, 7) is 7.14. The number of nitrogens with one attached hydrogen (secondary N) is 1. The van der Waals surface area contributed by atoms with Crippen LogP contribution in [0.15, 0.2) is 24.3 Å². The molecule has 1 aliphatic rings. The minimum absolute atomic E-state index is 0.657. The zero-order valence-corrected chi connectivity index (χ0v) is 13.3. The number of hydrogen-bond acceptors (Lipinski definition) is 2. The topological polar surface area (TPSA) is 21.3 Å². The van der Waals surface area contributed by atoms with Crippen molar-refractivity contribution in [1.82, 2.24) is 5.32 Å². The molecule has 3 heteroatoms. The van der Waals surface area contributed by atoms with Crippen molar-refractivity contribution in [3.63, 3.8) is 0 Å². The predicted molar refractivity (Wildman–Crippen MR) is 85.5 cm³/mol.